The second-order valence-electron chi connectivity index (χ2n) is 5.70. The van der Waals surface area contributed by atoms with E-state index in [0.29, 0.717) is 11.3 Å². The fourth-order valence-electron chi connectivity index (χ4n) is 3.00. The third-order valence-electron chi connectivity index (χ3n) is 4.14. The molecule has 0 radical (unpaired) electrons. The lowest BCUT2D eigenvalue weighted by Gasteiger charge is -2.34. The quantitative estimate of drug-likeness (QED) is 0.927. The lowest BCUT2D eigenvalue weighted by Crippen LogP contribution is -2.45. The smallest absolute Gasteiger partial charge is 0.416 e. The highest BCUT2D eigenvalue weighted by Crippen LogP contribution is 2.37. The van der Waals surface area contributed by atoms with Crippen LogP contribution in [-0.4, -0.2) is 38.2 Å². The average Bonchev–Trinajstić information content (AvgIpc) is 3.09. The molecule has 0 saturated carbocycles. The molecule has 1 aliphatic rings. The van der Waals surface area contributed by atoms with Gasteiger partial charge < -0.3 is 14.5 Å². The van der Waals surface area contributed by atoms with Crippen LogP contribution in [0, 0.1) is 0 Å². The molecule has 24 heavy (non-hydrogen) atoms. The molecule has 1 N–H and O–H groups in total. The first kappa shape index (κ1) is 16.9. The van der Waals surface area contributed by atoms with Crippen molar-refractivity contribution in [3.63, 3.8) is 0 Å². The number of benzene rings is 1. The van der Waals surface area contributed by atoms with Crippen LogP contribution in [-0.2, 0) is 6.18 Å². The van der Waals surface area contributed by atoms with Gasteiger partial charge in [-0.15, -0.1) is 0 Å². The van der Waals surface area contributed by atoms with Crippen molar-refractivity contribution in [2.24, 2.45) is 0 Å². The van der Waals surface area contributed by atoms with Crippen LogP contribution in [0.5, 0.6) is 5.75 Å². The van der Waals surface area contributed by atoms with Crippen LogP contribution in [0.15, 0.2) is 41.0 Å². The topological polar surface area (TPSA) is 37.6 Å². The van der Waals surface area contributed by atoms with Gasteiger partial charge in [-0.05, 0) is 35.9 Å². The summed E-state index contributed by atoms with van der Waals surface area (Å²) in [7, 11) is 1.37. The van der Waals surface area contributed by atoms with Gasteiger partial charge in [-0.3, -0.25) is 4.90 Å². The van der Waals surface area contributed by atoms with Crippen LogP contribution in [0.4, 0.5) is 13.2 Å². The van der Waals surface area contributed by atoms with Gasteiger partial charge in [0, 0.05) is 26.2 Å². The number of rotatable bonds is 4. The predicted molar refractivity (Wildman–Crippen MR) is 83.0 cm³/mol. The van der Waals surface area contributed by atoms with Crippen molar-refractivity contribution in [3.05, 3.63) is 53.5 Å². The second-order valence-corrected chi connectivity index (χ2v) is 5.70. The van der Waals surface area contributed by atoms with Crippen molar-refractivity contribution in [1.29, 1.82) is 0 Å². The van der Waals surface area contributed by atoms with Crippen molar-refractivity contribution in [2.45, 2.75) is 12.2 Å². The van der Waals surface area contributed by atoms with E-state index in [1.54, 1.807) is 18.2 Å². The Morgan fingerprint density at radius 1 is 1.21 bits per heavy atom. The lowest BCUT2D eigenvalue weighted by atomic mass is 9.99. The number of hydrogen-bond acceptors (Lipinski definition) is 4. The van der Waals surface area contributed by atoms with E-state index in [0.717, 1.165) is 32.2 Å². The summed E-state index contributed by atoms with van der Waals surface area (Å²) < 4.78 is 50.3. The van der Waals surface area contributed by atoms with Crippen molar-refractivity contribution in [2.75, 3.05) is 33.3 Å². The number of halogens is 3. The summed E-state index contributed by atoms with van der Waals surface area (Å²) in [5.41, 5.74) is -0.206. The molecule has 0 unspecified atom stereocenters. The highest BCUT2D eigenvalue weighted by molar-refractivity contribution is 5.40. The van der Waals surface area contributed by atoms with Gasteiger partial charge >= 0.3 is 6.18 Å². The zero-order valence-electron chi connectivity index (χ0n) is 13.3. The third kappa shape index (κ3) is 3.57. The minimum Gasteiger partial charge on any atom is -0.497 e. The molecule has 0 spiro atoms. The van der Waals surface area contributed by atoms with Crippen LogP contribution in [0.3, 0.4) is 0 Å². The van der Waals surface area contributed by atoms with Gasteiger partial charge in [0.2, 0.25) is 0 Å². The Hall–Kier alpha value is -1.99. The van der Waals surface area contributed by atoms with E-state index < -0.39 is 11.7 Å². The maximum absolute atomic E-state index is 13.2. The van der Waals surface area contributed by atoms with E-state index in [4.69, 9.17) is 9.15 Å². The number of nitrogens with one attached hydrogen (secondary N) is 1. The summed E-state index contributed by atoms with van der Waals surface area (Å²) in [6, 6.07) is 7.00. The number of hydrogen-bond donors (Lipinski definition) is 1. The zero-order chi connectivity index (χ0) is 17.2. The molecule has 2 aromatic rings. The van der Waals surface area contributed by atoms with Gasteiger partial charge in [0.25, 0.3) is 0 Å². The van der Waals surface area contributed by atoms with Gasteiger partial charge in [0.05, 0.1) is 25.0 Å². The summed E-state index contributed by atoms with van der Waals surface area (Å²) in [4.78, 5) is 2.12. The summed E-state index contributed by atoms with van der Waals surface area (Å²) in [6.07, 6.45) is -2.89. The highest BCUT2D eigenvalue weighted by atomic mass is 19.4. The first-order valence-electron chi connectivity index (χ1n) is 7.73. The van der Waals surface area contributed by atoms with E-state index in [1.807, 2.05) is 0 Å². The molecule has 0 aliphatic carbocycles. The molecule has 1 atom stereocenters. The SMILES string of the molecule is COc1cc([C@H](c2ccco2)N2CCNCC2)cc(C(F)(F)F)c1. The zero-order valence-corrected chi connectivity index (χ0v) is 13.3. The van der Waals surface area contributed by atoms with E-state index in [9.17, 15) is 13.2 Å². The normalized spacial score (nSPS) is 17.7. The monoisotopic (exact) mass is 340 g/mol. The molecule has 7 heteroatoms. The minimum absolute atomic E-state index is 0.187. The number of alkyl halides is 3. The lowest BCUT2D eigenvalue weighted by molar-refractivity contribution is -0.137. The maximum Gasteiger partial charge on any atom is 0.416 e. The largest absolute Gasteiger partial charge is 0.497 e. The molecule has 0 bridgehead atoms. The molecule has 1 saturated heterocycles. The summed E-state index contributed by atoms with van der Waals surface area (Å²) in [5.74, 6) is 0.810. The van der Waals surface area contributed by atoms with Crippen LogP contribution in [0.1, 0.15) is 22.9 Å². The summed E-state index contributed by atoms with van der Waals surface area (Å²) in [5, 5.41) is 3.25. The molecule has 130 valence electrons. The number of nitrogens with zero attached hydrogens (tertiary/aromatic N) is 1. The van der Waals surface area contributed by atoms with Gasteiger partial charge in [-0.25, -0.2) is 0 Å². The number of furan rings is 1. The van der Waals surface area contributed by atoms with Crippen LogP contribution >= 0.6 is 0 Å². The van der Waals surface area contributed by atoms with E-state index in [1.165, 1.54) is 19.4 Å². The Bertz CT molecular complexity index is 665. The molecular weight excluding hydrogens is 321 g/mol. The molecule has 0 amide bonds. The molecule has 4 nitrogen and oxygen atoms in total. The highest BCUT2D eigenvalue weighted by Gasteiger charge is 2.34. The van der Waals surface area contributed by atoms with Crippen LogP contribution in [0.2, 0.25) is 0 Å². The van der Waals surface area contributed by atoms with Crippen molar-refractivity contribution in [3.8, 4) is 5.75 Å². The maximum atomic E-state index is 13.2. The number of piperazine rings is 1. The molecule has 1 aromatic heterocycles. The Balaban J connectivity index is 2.06. The van der Waals surface area contributed by atoms with Gasteiger partial charge in [0.15, 0.2) is 0 Å². The van der Waals surface area contributed by atoms with Crippen LogP contribution < -0.4 is 10.1 Å². The van der Waals surface area contributed by atoms with E-state index >= 15 is 0 Å². The predicted octanol–water partition coefficient (Wildman–Crippen LogP) is 3.30. The molecular formula is C17H19F3N2O2. The average molecular weight is 340 g/mol. The Kier molecular flexibility index (Phi) is 4.82. The molecule has 2 heterocycles. The Morgan fingerprint density at radius 3 is 2.54 bits per heavy atom. The number of methoxy groups -OCH3 is 1. The van der Waals surface area contributed by atoms with Gasteiger partial charge in [-0.2, -0.15) is 13.2 Å². The Morgan fingerprint density at radius 2 is 1.96 bits per heavy atom. The first-order valence-corrected chi connectivity index (χ1v) is 7.73. The number of ether oxygens (including phenoxy) is 1. The minimum atomic E-state index is -4.43. The summed E-state index contributed by atoms with van der Waals surface area (Å²) >= 11 is 0. The Labute approximate surface area is 138 Å². The molecule has 1 aliphatic heterocycles. The van der Waals surface area contributed by atoms with E-state index in [2.05, 4.69) is 10.2 Å². The molecule has 1 fully saturated rings. The molecule has 3 rings (SSSR count). The van der Waals surface area contributed by atoms with Gasteiger partial charge in [-0.1, -0.05) is 0 Å². The van der Waals surface area contributed by atoms with Crippen LogP contribution in [0.25, 0.3) is 0 Å². The summed E-state index contributed by atoms with van der Waals surface area (Å²) in [6.45, 7) is 3.02. The van der Waals surface area contributed by atoms with Crippen molar-refractivity contribution >= 4 is 0 Å². The van der Waals surface area contributed by atoms with Crippen molar-refractivity contribution in [1.82, 2.24) is 10.2 Å². The second kappa shape index (κ2) is 6.86. The van der Waals surface area contributed by atoms with E-state index in [-0.39, 0.29) is 11.8 Å². The van der Waals surface area contributed by atoms with Gasteiger partial charge in [0.1, 0.15) is 11.5 Å². The molecule has 1 aromatic carbocycles. The van der Waals surface area contributed by atoms with Crippen molar-refractivity contribution < 1.29 is 22.3 Å². The first-order chi connectivity index (χ1) is 11.5. The third-order valence-corrected chi connectivity index (χ3v) is 4.14. The standard InChI is InChI=1S/C17H19F3N2O2/c1-23-14-10-12(9-13(11-14)17(18,19)20)16(15-3-2-8-24-15)22-6-4-21-5-7-22/h2-3,8-11,16,21H,4-7H2,1H3/t16-/m1/s1. The fraction of sp³-hybridized carbons (Fsp3) is 0.412. The fourth-order valence-corrected chi connectivity index (χ4v) is 3.00.